The average Bonchev–Trinajstić information content (AvgIpc) is 2.22. The highest BCUT2D eigenvalue weighted by Gasteiger charge is 2.23. The van der Waals surface area contributed by atoms with Gasteiger partial charge in [0.15, 0.2) is 0 Å². The van der Waals surface area contributed by atoms with Gasteiger partial charge in [0.05, 0.1) is 6.61 Å². The van der Waals surface area contributed by atoms with Crippen molar-refractivity contribution in [3.63, 3.8) is 0 Å². The van der Waals surface area contributed by atoms with E-state index in [1.54, 1.807) is 0 Å². The van der Waals surface area contributed by atoms with Crippen molar-refractivity contribution in [1.82, 2.24) is 0 Å². The van der Waals surface area contributed by atoms with E-state index in [1.165, 1.54) is 5.56 Å². The maximum Gasteiger partial charge on any atom is 0.0511 e. The van der Waals surface area contributed by atoms with Gasteiger partial charge in [-0.15, -0.1) is 11.6 Å². The van der Waals surface area contributed by atoms with E-state index in [0.29, 0.717) is 5.92 Å². The van der Waals surface area contributed by atoms with Crippen molar-refractivity contribution in [2.45, 2.75) is 18.2 Å². The smallest absolute Gasteiger partial charge is 0.0511 e. The van der Waals surface area contributed by atoms with E-state index in [-0.39, 0.29) is 5.38 Å². The van der Waals surface area contributed by atoms with Gasteiger partial charge in [-0.25, -0.2) is 0 Å². The highest BCUT2D eigenvalue weighted by molar-refractivity contribution is 9.10. The highest BCUT2D eigenvalue weighted by Crippen LogP contribution is 2.25. The Hall–Kier alpha value is -0.0500. The van der Waals surface area contributed by atoms with Crippen LogP contribution >= 0.6 is 27.5 Å². The molecule has 0 N–H and O–H groups in total. The van der Waals surface area contributed by atoms with Gasteiger partial charge in [0.25, 0.3) is 0 Å². The summed E-state index contributed by atoms with van der Waals surface area (Å²) in [5.74, 6) is 0.453. The lowest BCUT2D eigenvalue weighted by Gasteiger charge is -2.27. The molecule has 0 saturated carbocycles. The lowest BCUT2D eigenvalue weighted by molar-refractivity contribution is 0.0578. The Labute approximate surface area is 104 Å². The number of hydrogen-bond acceptors (Lipinski definition) is 1. The van der Waals surface area contributed by atoms with Gasteiger partial charge in [0.2, 0.25) is 0 Å². The van der Waals surface area contributed by atoms with Crippen molar-refractivity contribution in [1.29, 1.82) is 0 Å². The second-order valence-corrected chi connectivity index (χ2v) is 5.45. The van der Waals surface area contributed by atoms with Crippen molar-refractivity contribution < 1.29 is 4.74 Å². The number of halogens is 2. The molecule has 0 bridgehead atoms. The van der Waals surface area contributed by atoms with Crippen LogP contribution < -0.4 is 0 Å². The van der Waals surface area contributed by atoms with Crippen LogP contribution in [-0.2, 0) is 11.2 Å². The summed E-state index contributed by atoms with van der Waals surface area (Å²) in [6, 6.07) is 8.40. The molecule has 1 nitrogen and oxygen atoms in total. The Morgan fingerprint density at radius 3 is 3.07 bits per heavy atom. The molecule has 0 aromatic heterocycles. The van der Waals surface area contributed by atoms with Crippen LogP contribution in [0.15, 0.2) is 28.7 Å². The van der Waals surface area contributed by atoms with Crippen LogP contribution in [0.2, 0.25) is 0 Å². The van der Waals surface area contributed by atoms with Crippen molar-refractivity contribution in [3.8, 4) is 0 Å². The predicted octanol–water partition coefficient (Wildman–Crippen LogP) is 3.64. The van der Waals surface area contributed by atoms with Crippen molar-refractivity contribution in [2.24, 2.45) is 5.92 Å². The lowest BCUT2D eigenvalue weighted by atomic mass is 9.94. The third-order valence-corrected chi connectivity index (χ3v) is 3.84. The fraction of sp³-hybridized carbons (Fsp3) is 0.500. The SMILES string of the molecule is ClC1CCOCC1Cc1cccc(Br)c1. The van der Waals surface area contributed by atoms with Crippen molar-refractivity contribution >= 4 is 27.5 Å². The molecule has 0 spiro atoms. The Kier molecular flexibility index (Phi) is 4.06. The Morgan fingerprint density at radius 1 is 1.47 bits per heavy atom. The Balaban J connectivity index is 2.01. The van der Waals surface area contributed by atoms with E-state index in [0.717, 1.165) is 30.5 Å². The van der Waals surface area contributed by atoms with E-state index in [4.69, 9.17) is 16.3 Å². The minimum absolute atomic E-state index is 0.262. The average molecular weight is 290 g/mol. The van der Waals surface area contributed by atoms with Gasteiger partial charge in [-0.05, 0) is 30.5 Å². The van der Waals surface area contributed by atoms with Gasteiger partial charge in [-0.3, -0.25) is 0 Å². The van der Waals surface area contributed by atoms with Gasteiger partial charge < -0.3 is 4.74 Å². The monoisotopic (exact) mass is 288 g/mol. The summed E-state index contributed by atoms with van der Waals surface area (Å²) < 4.78 is 6.59. The first-order chi connectivity index (χ1) is 7.25. The summed E-state index contributed by atoms with van der Waals surface area (Å²) in [5.41, 5.74) is 1.32. The molecule has 1 aliphatic heterocycles. The van der Waals surface area contributed by atoms with Gasteiger partial charge in [0, 0.05) is 22.4 Å². The first kappa shape index (κ1) is 11.4. The topological polar surface area (TPSA) is 9.23 Å². The van der Waals surface area contributed by atoms with Crippen LogP contribution in [0.4, 0.5) is 0 Å². The number of rotatable bonds is 2. The second kappa shape index (κ2) is 5.33. The third kappa shape index (κ3) is 3.20. The number of hydrogen-bond donors (Lipinski definition) is 0. The number of benzene rings is 1. The molecular formula is C12H14BrClO. The lowest BCUT2D eigenvalue weighted by Crippen LogP contribution is -2.29. The van der Waals surface area contributed by atoms with Gasteiger partial charge >= 0.3 is 0 Å². The van der Waals surface area contributed by atoms with E-state index < -0.39 is 0 Å². The second-order valence-electron chi connectivity index (χ2n) is 3.97. The number of alkyl halides is 1. The van der Waals surface area contributed by atoms with Crippen molar-refractivity contribution in [3.05, 3.63) is 34.3 Å². The maximum atomic E-state index is 6.28. The van der Waals surface area contributed by atoms with Crippen LogP contribution in [0, 0.1) is 5.92 Å². The largest absolute Gasteiger partial charge is 0.381 e. The fourth-order valence-corrected chi connectivity index (χ4v) is 2.62. The number of ether oxygens (including phenoxy) is 1. The molecule has 1 saturated heterocycles. The van der Waals surface area contributed by atoms with E-state index in [1.807, 2.05) is 6.07 Å². The fourth-order valence-electron chi connectivity index (χ4n) is 1.92. The molecule has 2 atom stereocenters. The van der Waals surface area contributed by atoms with Crippen LogP contribution in [0.3, 0.4) is 0 Å². The molecule has 1 fully saturated rings. The molecule has 0 amide bonds. The molecule has 1 heterocycles. The van der Waals surface area contributed by atoms with Crippen LogP contribution in [0.5, 0.6) is 0 Å². The molecule has 2 unspecified atom stereocenters. The van der Waals surface area contributed by atoms with Gasteiger partial charge in [0.1, 0.15) is 0 Å². The summed E-state index contributed by atoms with van der Waals surface area (Å²) in [4.78, 5) is 0. The summed E-state index contributed by atoms with van der Waals surface area (Å²) in [6.45, 7) is 1.60. The standard InChI is InChI=1S/C12H14BrClO/c13-11-3-1-2-9(7-11)6-10-8-15-5-4-12(10)14/h1-3,7,10,12H,4-6,8H2. The Morgan fingerprint density at radius 2 is 2.33 bits per heavy atom. The molecule has 0 aliphatic carbocycles. The first-order valence-electron chi connectivity index (χ1n) is 5.22. The van der Waals surface area contributed by atoms with E-state index in [9.17, 15) is 0 Å². The normalized spacial score (nSPS) is 26.5. The zero-order valence-corrected chi connectivity index (χ0v) is 10.8. The molecule has 1 aliphatic rings. The quantitative estimate of drug-likeness (QED) is 0.755. The molecular weight excluding hydrogens is 275 g/mol. The van der Waals surface area contributed by atoms with E-state index >= 15 is 0 Å². The molecule has 0 radical (unpaired) electrons. The highest BCUT2D eigenvalue weighted by atomic mass is 79.9. The van der Waals surface area contributed by atoms with Crippen LogP contribution in [0.1, 0.15) is 12.0 Å². The predicted molar refractivity (Wildman–Crippen MR) is 66.4 cm³/mol. The molecule has 15 heavy (non-hydrogen) atoms. The zero-order valence-electron chi connectivity index (χ0n) is 8.46. The van der Waals surface area contributed by atoms with E-state index in [2.05, 4.69) is 34.1 Å². The van der Waals surface area contributed by atoms with Gasteiger partial charge in [-0.2, -0.15) is 0 Å². The zero-order chi connectivity index (χ0) is 10.7. The molecule has 1 aromatic rings. The minimum atomic E-state index is 0.262. The minimum Gasteiger partial charge on any atom is -0.381 e. The summed E-state index contributed by atoms with van der Waals surface area (Å²) in [5, 5.41) is 0.262. The van der Waals surface area contributed by atoms with Crippen LogP contribution in [0.25, 0.3) is 0 Å². The van der Waals surface area contributed by atoms with Crippen molar-refractivity contribution in [2.75, 3.05) is 13.2 Å². The Bertz CT molecular complexity index is 329. The summed E-state index contributed by atoms with van der Waals surface area (Å²) in [7, 11) is 0. The molecule has 82 valence electrons. The summed E-state index contributed by atoms with van der Waals surface area (Å²) in [6.07, 6.45) is 1.98. The summed E-state index contributed by atoms with van der Waals surface area (Å²) >= 11 is 9.76. The first-order valence-corrected chi connectivity index (χ1v) is 6.45. The van der Waals surface area contributed by atoms with Gasteiger partial charge in [-0.1, -0.05) is 28.1 Å². The molecule has 1 aromatic carbocycles. The maximum absolute atomic E-state index is 6.28. The van der Waals surface area contributed by atoms with Crippen LogP contribution in [-0.4, -0.2) is 18.6 Å². The third-order valence-electron chi connectivity index (χ3n) is 2.77. The molecule has 3 heteroatoms. The molecule has 2 rings (SSSR count).